The summed E-state index contributed by atoms with van der Waals surface area (Å²) in [5.74, 6) is 1.39. The molecule has 0 aliphatic heterocycles. The minimum Gasteiger partial charge on any atom is -0.484 e. The summed E-state index contributed by atoms with van der Waals surface area (Å²) in [5.41, 5.74) is 1.24. The first-order valence-corrected chi connectivity index (χ1v) is 8.65. The molecule has 0 aliphatic carbocycles. The lowest BCUT2D eigenvalue weighted by atomic mass is 10.0. The summed E-state index contributed by atoms with van der Waals surface area (Å²) >= 11 is 10.8. The van der Waals surface area contributed by atoms with Gasteiger partial charge in [-0.3, -0.25) is 10.1 Å². The Hall–Kier alpha value is -2.18. The van der Waals surface area contributed by atoms with Crippen molar-refractivity contribution >= 4 is 40.7 Å². The molecule has 0 unspecified atom stereocenters. The number of aromatic nitrogens is 1. The maximum atomic E-state index is 11.9. The molecule has 0 atom stereocenters. The van der Waals surface area contributed by atoms with Gasteiger partial charge in [0, 0.05) is 6.20 Å². The third-order valence-electron chi connectivity index (χ3n) is 3.16. The molecule has 2 rings (SSSR count). The summed E-state index contributed by atoms with van der Waals surface area (Å²) in [5, 5.41) is 6.00. The molecule has 2 N–H and O–H groups in total. The Morgan fingerprint density at radius 3 is 2.56 bits per heavy atom. The Bertz CT molecular complexity index is 718. The van der Waals surface area contributed by atoms with Crippen LogP contribution < -0.4 is 15.4 Å². The van der Waals surface area contributed by atoms with Crippen LogP contribution in [0.1, 0.15) is 19.4 Å². The average Bonchev–Trinajstić information content (AvgIpc) is 2.56. The van der Waals surface area contributed by atoms with E-state index >= 15 is 0 Å². The Balaban J connectivity index is 1.76. The molecule has 0 bridgehead atoms. The second-order valence-electron chi connectivity index (χ2n) is 5.89. The van der Waals surface area contributed by atoms with E-state index in [2.05, 4.69) is 29.5 Å². The lowest BCUT2D eigenvalue weighted by molar-refractivity contribution is -0.121. The van der Waals surface area contributed by atoms with E-state index in [1.54, 1.807) is 12.1 Å². The normalized spacial score (nSPS) is 10.4. The van der Waals surface area contributed by atoms with Crippen LogP contribution in [-0.2, 0) is 11.2 Å². The summed E-state index contributed by atoms with van der Waals surface area (Å²) in [6, 6.07) is 11.1. The van der Waals surface area contributed by atoms with Crippen molar-refractivity contribution in [3.05, 3.63) is 53.2 Å². The minimum atomic E-state index is -0.349. The highest BCUT2D eigenvalue weighted by molar-refractivity contribution is 7.80. The molecule has 7 heteroatoms. The van der Waals surface area contributed by atoms with Gasteiger partial charge in [0.1, 0.15) is 11.6 Å². The fourth-order valence-electron chi connectivity index (χ4n) is 2.10. The minimum absolute atomic E-state index is 0.126. The Labute approximate surface area is 157 Å². The maximum Gasteiger partial charge on any atom is 0.264 e. The summed E-state index contributed by atoms with van der Waals surface area (Å²) < 4.78 is 5.46. The average molecular weight is 378 g/mol. The first kappa shape index (κ1) is 19.1. The second-order valence-corrected chi connectivity index (χ2v) is 6.74. The topological polar surface area (TPSA) is 63.2 Å². The van der Waals surface area contributed by atoms with Crippen LogP contribution in [0, 0.1) is 5.92 Å². The molecule has 1 heterocycles. The van der Waals surface area contributed by atoms with E-state index in [-0.39, 0.29) is 17.6 Å². The molecule has 1 aromatic heterocycles. The Morgan fingerprint density at radius 1 is 1.24 bits per heavy atom. The van der Waals surface area contributed by atoms with Gasteiger partial charge in [-0.05, 0) is 54.4 Å². The molecule has 0 spiro atoms. The molecule has 0 fully saturated rings. The molecule has 1 amide bonds. The van der Waals surface area contributed by atoms with Crippen molar-refractivity contribution in [3.63, 3.8) is 0 Å². The van der Waals surface area contributed by atoms with Gasteiger partial charge in [-0.2, -0.15) is 0 Å². The summed E-state index contributed by atoms with van der Waals surface area (Å²) in [7, 11) is 0. The number of thiocarbonyl (C=S) groups is 1. The number of hydrogen-bond donors (Lipinski definition) is 2. The first-order valence-electron chi connectivity index (χ1n) is 7.86. The van der Waals surface area contributed by atoms with Crippen LogP contribution in [0.5, 0.6) is 5.75 Å². The molecule has 1 aromatic carbocycles. The van der Waals surface area contributed by atoms with Crippen molar-refractivity contribution in [2.24, 2.45) is 5.92 Å². The monoisotopic (exact) mass is 377 g/mol. The zero-order chi connectivity index (χ0) is 18.2. The number of pyridine rings is 1. The van der Waals surface area contributed by atoms with Crippen LogP contribution in [0.2, 0.25) is 5.02 Å². The number of rotatable bonds is 6. The molecular weight excluding hydrogens is 358 g/mol. The molecular formula is C18H20ClN3O2S. The molecule has 0 saturated heterocycles. The smallest absolute Gasteiger partial charge is 0.264 e. The number of anilines is 1. The van der Waals surface area contributed by atoms with Crippen LogP contribution in [0.4, 0.5) is 5.82 Å². The van der Waals surface area contributed by atoms with Crippen molar-refractivity contribution in [1.29, 1.82) is 0 Å². The van der Waals surface area contributed by atoms with Crippen LogP contribution in [-0.4, -0.2) is 22.6 Å². The number of nitrogens with zero attached hydrogens (tertiary/aromatic N) is 1. The van der Waals surface area contributed by atoms with Crippen LogP contribution in [0.3, 0.4) is 0 Å². The molecule has 132 valence electrons. The standard InChI is InChI=1S/C18H20ClN3O2S/c1-12(2)9-13-3-6-15(7-4-13)24-11-17(23)22-18(25)21-16-8-5-14(19)10-20-16/h3-8,10,12H,9,11H2,1-2H3,(H2,20,21,22,23,25). The molecule has 25 heavy (non-hydrogen) atoms. The second kappa shape index (κ2) is 9.34. The summed E-state index contributed by atoms with van der Waals surface area (Å²) in [4.78, 5) is 15.9. The largest absolute Gasteiger partial charge is 0.484 e. The molecule has 5 nitrogen and oxygen atoms in total. The summed E-state index contributed by atoms with van der Waals surface area (Å²) in [6.45, 7) is 4.22. The quantitative estimate of drug-likeness (QED) is 0.749. The number of nitrogens with one attached hydrogen (secondary N) is 2. The van der Waals surface area contributed by atoms with E-state index in [4.69, 9.17) is 28.6 Å². The SMILES string of the molecule is CC(C)Cc1ccc(OCC(=O)NC(=S)Nc2ccc(Cl)cn2)cc1. The molecule has 2 aromatic rings. The highest BCUT2D eigenvalue weighted by Crippen LogP contribution is 2.15. The molecule has 0 radical (unpaired) electrons. The number of benzene rings is 1. The fourth-order valence-corrected chi connectivity index (χ4v) is 2.43. The Kier molecular flexibility index (Phi) is 7.16. The van der Waals surface area contributed by atoms with Gasteiger partial charge in [-0.25, -0.2) is 4.98 Å². The zero-order valence-electron chi connectivity index (χ0n) is 14.1. The maximum absolute atomic E-state index is 11.9. The van der Waals surface area contributed by atoms with Crippen LogP contribution in [0.15, 0.2) is 42.6 Å². The molecule has 0 aliphatic rings. The van der Waals surface area contributed by atoms with Crippen LogP contribution in [0.25, 0.3) is 0 Å². The Morgan fingerprint density at radius 2 is 1.96 bits per heavy atom. The zero-order valence-corrected chi connectivity index (χ0v) is 15.7. The van der Waals surface area contributed by atoms with E-state index in [0.29, 0.717) is 22.5 Å². The third kappa shape index (κ3) is 7.07. The third-order valence-corrected chi connectivity index (χ3v) is 3.59. The summed E-state index contributed by atoms with van der Waals surface area (Å²) in [6.07, 6.45) is 2.50. The van der Waals surface area contributed by atoms with Crippen molar-refractivity contribution in [3.8, 4) is 5.75 Å². The van der Waals surface area contributed by atoms with Crippen molar-refractivity contribution in [1.82, 2.24) is 10.3 Å². The number of carbonyl (C=O) groups excluding carboxylic acids is 1. The van der Waals surface area contributed by atoms with Gasteiger partial charge in [0.05, 0.1) is 5.02 Å². The van der Waals surface area contributed by atoms with Crippen molar-refractivity contribution in [2.45, 2.75) is 20.3 Å². The predicted octanol–water partition coefficient (Wildman–Crippen LogP) is 3.83. The van der Waals surface area contributed by atoms with Gasteiger partial charge in [0.15, 0.2) is 11.7 Å². The highest BCUT2D eigenvalue weighted by Gasteiger charge is 2.07. The van der Waals surface area contributed by atoms with Gasteiger partial charge < -0.3 is 10.1 Å². The van der Waals surface area contributed by atoms with Gasteiger partial charge >= 0.3 is 0 Å². The number of amides is 1. The first-order chi connectivity index (χ1) is 11.9. The van der Waals surface area contributed by atoms with Crippen molar-refractivity contribution < 1.29 is 9.53 Å². The van der Waals surface area contributed by atoms with E-state index in [0.717, 1.165) is 6.42 Å². The highest BCUT2D eigenvalue weighted by atomic mass is 35.5. The number of ether oxygens (including phenoxy) is 1. The molecule has 0 saturated carbocycles. The number of carbonyl (C=O) groups is 1. The van der Waals surface area contributed by atoms with Gasteiger partial charge in [0.2, 0.25) is 0 Å². The number of halogens is 1. The van der Waals surface area contributed by atoms with Gasteiger partial charge in [-0.1, -0.05) is 37.6 Å². The number of hydrogen-bond acceptors (Lipinski definition) is 4. The predicted molar refractivity (Wildman–Crippen MR) is 104 cm³/mol. The van der Waals surface area contributed by atoms with Crippen LogP contribution >= 0.6 is 23.8 Å². The van der Waals surface area contributed by atoms with E-state index in [1.165, 1.54) is 11.8 Å². The van der Waals surface area contributed by atoms with Gasteiger partial charge in [0.25, 0.3) is 5.91 Å². The van der Waals surface area contributed by atoms with E-state index in [1.807, 2.05) is 24.3 Å². The lowest BCUT2D eigenvalue weighted by Gasteiger charge is -2.10. The lowest BCUT2D eigenvalue weighted by Crippen LogP contribution is -2.37. The van der Waals surface area contributed by atoms with E-state index < -0.39 is 0 Å². The van der Waals surface area contributed by atoms with E-state index in [9.17, 15) is 4.79 Å². The van der Waals surface area contributed by atoms with Gasteiger partial charge in [-0.15, -0.1) is 0 Å². The fraction of sp³-hybridized carbons (Fsp3) is 0.278. The van der Waals surface area contributed by atoms with Crippen molar-refractivity contribution in [2.75, 3.05) is 11.9 Å².